The maximum atomic E-state index is 12.1. The molecule has 0 spiro atoms. The third kappa shape index (κ3) is 3.39. The second kappa shape index (κ2) is 7.00. The van der Waals surface area contributed by atoms with Gasteiger partial charge < -0.3 is 9.64 Å². The molecular formula is C13H17BrClNO2. The van der Waals surface area contributed by atoms with Crippen molar-refractivity contribution >= 4 is 33.4 Å². The predicted molar refractivity (Wildman–Crippen MR) is 77.2 cm³/mol. The highest BCUT2D eigenvalue weighted by atomic mass is 79.9. The van der Waals surface area contributed by atoms with Gasteiger partial charge in [0.2, 0.25) is 5.91 Å². The zero-order valence-corrected chi connectivity index (χ0v) is 13.1. The number of carbonyl (C=O) groups is 1. The molecule has 3 nitrogen and oxygen atoms in total. The largest absolute Gasteiger partial charge is 0.496 e. The van der Waals surface area contributed by atoms with Gasteiger partial charge in [0.05, 0.1) is 11.6 Å². The van der Waals surface area contributed by atoms with Crippen molar-refractivity contribution < 1.29 is 9.53 Å². The van der Waals surface area contributed by atoms with E-state index in [4.69, 9.17) is 16.3 Å². The number of ether oxygens (including phenoxy) is 1. The number of amides is 1. The molecule has 0 N–H and O–H groups in total. The molecule has 0 aliphatic rings. The van der Waals surface area contributed by atoms with Crippen LogP contribution in [0.25, 0.3) is 0 Å². The van der Waals surface area contributed by atoms with Gasteiger partial charge in [0.25, 0.3) is 0 Å². The van der Waals surface area contributed by atoms with E-state index in [2.05, 4.69) is 15.9 Å². The Labute approximate surface area is 121 Å². The van der Waals surface area contributed by atoms with Crippen LogP contribution < -0.4 is 4.74 Å². The number of rotatable bonds is 5. The molecule has 100 valence electrons. The Bertz CT molecular complexity index is 421. The van der Waals surface area contributed by atoms with E-state index in [1.54, 1.807) is 18.1 Å². The van der Waals surface area contributed by atoms with Gasteiger partial charge in [-0.2, -0.15) is 0 Å². The summed E-state index contributed by atoms with van der Waals surface area (Å²) < 4.78 is 5.94. The van der Waals surface area contributed by atoms with Crippen molar-refractivity contribution in [3.63, 3.8) is 0 Å². The van der Waals surface area contributed by atoms with E-state index in [0.717, 1.165) is 15.8 Å². The van der Waals surface area contributed by atoms with Crippen LogP contribution in [0.4, 0.5) is 0 Å². The average Bonchev–Trinajstić information content (AvgIpc) is 2.39. The molecule has 18 heavy (non-hydrogen) atoms. The summed E-state index contributed by atoms with van der Waals surface area (Å²) in [6.07, 6.45) is 0. The van der Waals surface area contributed by atoms with Crippen LogP contribution in [0.5, 0.6) is 5.75 Å². The summed E-state index contributed by atoms with van der Waals surface area (Å²) in [4.78, 5) is 13.8. The maximum Gasteiger partial charge on any atom is 0.245 e. The summed E-state index contributed by atoms with van der Waals surface area (Å²) in [6.45, 7) is 5.20. The number of likely N-dealkylation sites (N-methyl/N-ethyl adjacent to an activating group) is 1. The lowest BCUT2D eigenvalue weighted by Gasteiger charge is -2.22. The number of carbonyl (C=O) groups excluding carboxylic acids is 1. The molecule has 0 heterocycles. The molecule has 0 radical (unpaired) electrons. The minimum atomic E-state index is -0.660. The fourth-order valence-corrected chi connectivity index (χ4v) is 2.51. The standard InChI is InChI=1S/C13H17BrClNO2/c1-4-16(5-2)13(17)12(15)9-6-7-11(18-3)10(14)8-9/h6-8,12H,4-5H2,1-3H3. The van der Waals surface area contributed by atoms with Crippen LogP contribution in [-0.2, 0) is 4.79 Å². The molecule has 1 amide bonds. The predicted octanol–water partition coefficient (Wildman–Crippen LogP) is 3.61. The summed E-state index contributed by atoms with van der Waals surface area (Å²) >= 11 is 9.61. The van der Waals surface area contributed by atoms with E-state index in [9.17, 15) is 4.79 Å². The molecule has 1 aromatic carbocycles. The average molecular weight is 335 g/mol. The summed E-state index contributed by atoms with van der Waals surface area (Å²) in [5.74, 6) is 0.650. The Hall–Kier alpha value is -0.740. The molecule has 0 saturated carbocycles. The highest BCUT2D eigenvalue weighted by Gasteiger charge is 2.22. The van der Waals surface area contributed by atoms with Gasteiger partial charge in [-0.3, -0.25) is 4.79 Å². The number of hydrogen-bond donors (Lipinski definition) is 0. The van der Waals surface area contributed by atoms with Crippen molar-refractivity contribution in [3.8, 4) is 5.75 Å². The van der Waals surface area contributed by atoms with E-state index in [0.29, 0.717) is 13.1 Å². The number of halogens is 2. The molecule has 1 atom stereocenters. The van der Waals surface area contributed by atoms with Crippen LogP contribution in [0.1, 0.15) is 24.8 Å². The zero-order chi connectivity index (χ0) is 13.7. The number of benzene rings is 1. The van der Waals surface area contributed by atoms with Crippen molar-refractivity contribution in [3.05, 3.63) is 28.2 Å². The summed E-state index contributed by atoms with van der Waals surface area (Å²) in [6, 6.07) is 5.42. The molecule has 1 aromatic rings. The van der Waals surface area contributed by atoms with Gasteiger partial charge in [-0.25, -0.2) is 0 Å². The first-order valence-corrected chi connectivity index (χ1v) is 7.04. The Balaban J connectivity index is 2.93. The Morgan fingerprint density at radius 1 is 1.44 bits per heavy atom. The maximum absolute atomic E-state index is 12.1. The van der Waals surface area contributed by atoms with Crippen molar-refractivity contribution in [1.82, 2.24) is 4.90 Å². The summed E-state index contributed by atoms with van der Waals surface area (Å²) in [5.41, 5.74) is 0.765. The molecule has 0 aliphatic heterocycles. The van der Waals surface area contributed by atoms with Gasteiger partial charge in [-0.15, -0.1) is 11.6 Å². The van der Waals surface area contributed by atoms with E-state index in [1.165, 1.54) is 0 Å². The lowest BCUT2D eigenvalue weighted by atomic mass is 10.1. The highest BCUT2D eigenvalue weighted by Crippen LogP contribution is 2.31. The van der Waals surface area contributed by atoms with Gasteiger partial charge in [0.1, 0.15) is 11.1 Å². The molecular weight excluding hydrogens is 318 g/mol. The van der Waals surface area contributed by atoms with Crippen molar-refractivity contribution in [2.45, 2.75) is 19.2 Å². The van der Waals surface area contributed by atoms with Gasteiger partial charge in [-0.05, 0) is 47.5 Å². The van der Waals surface area contributed by atoms with E-state index in [-0.39, 0.29) is 5.91 Å². The molecule has 0 saturated heterocycles. The summed E-state index contributed by atoms with van der Waals surface area (Å²) in [5, 5.41) is -0.660. The highest BCUT2D eigenvalue weighted by molar-refractivity contribution is 9.10. The molecule has 0 aromatic heterocycles. The lowest BCUT2D eigenvalue weighted by molar-refractivity contribution is -0.130. The first-order chi connectivity index (χ1) is 8.54. The third-order valence-corrected chi connectivity index (χ3v) is 3.82. The fraction of sp³-hybridized carbons (Fsp3) is 0.462. The van der Waals surface area contributed by atoms with Crippen molar-refractivity contribution in [1.29, 1.82) is 0 Å². The van der Waals surface area contributed by atoms with E-state index < -0.39 is 5.38 Å². The normalized spacial score (nSPS) is 12.1. The topological polar surface area (TPSA) is 29.5 Å². The van der Waals surface area contributed by atoms with Crippen molar-refractivity contribution in [2.75, 3.05) is 20.2 Å². The molecule has 1 unspecified atom stereocenters. The minimum absolute atomic E-state index is 0.0706. The number of methoxy groups -OCH3 is 1. The van der Waals surface area contributed by atoms with Gasteiger partial charge in [0, 0.05) is 13.1 Å². The molecule has 0 bridgehead atoms. The molecule has 0 fully saturated rings. The Kier molecular flexibility index (Phi) is 5.96. The second-order valence-corrected chi connectivity index (χ2v) is 5.06. The quantitative estimate of drug-likeness (QED) is 0.770. The van der Waals surface area contributed by atoms with E-state index >= 15 is 0 Å². The monoisotopic (exact) mass is 333 g/mol. The van der Waals surface area contributed by atoms with Crippen LogP contribution >= 0.6 is 27.5 Å². The van der Waals surface area contributed by atoms with Crippen LogP contribution in [-0.4, -0.2) is 31.0 Å². The van der Waals surface area contributed by atoms with Crippen molar-refractivity contribution in [2.24, 2.45) is 0 Å². The fourth-order valence-electron chi connectivity index (χ4n) is 1.68. The number of alkyl halides is 1. The van der Waals surface area contributed by atoms with Crippen LogP contribution in [0.3, 0.4) is 0 Å². The molecule has 1 rings (SSSR count). The van der Waals surface area contributed by atoms with Crippen LogP contribution in [0.15, 0.2) is 22.7 Å². The second-order valence-electron chi connectivity index (χ2n) is 3.77. The van der Waals surface area contributed by atoms with Crippen LogP contribution in [0, 0.1) is 0 Å². The van der Waals surface area contributed by atoms with Gasteiger partial charge in [0.15, 0.2) is 0 Å². The Morgan fingerprint density at radius 2 is 2.06 bits per heavy atom. The Morgan fingerprint density at radius 3 is 2.50 bits per heavy atom. The molecule has 0 aliphatic carbocycles. The SMILES string of the molecule is CCN(CC)C(=O)C(Cl)c1ccc(OC)c(Br)c1. The zero-order valence-electron chi connectivity index (χ0n) is 10.7. The van der Waals surface area contributed by atoms with Gasteiger partial charge >= 0.3 is 0 Å². The van der Waals surface area contributed by atoms with Crippen LogP contribution in [0.2, 0.25) is 0 Å². The smallest absolute Gasteiger partial charge is 0.245 e. The first kappa shape index (κ1) is 15.3. The van der Waals surface area contributed by atoms with E-state index in [1.807, 2.05) is 26.0 Å². The number of nitrogens with zero attached hydrogens (tertiary/aromatic N) is 1. The third-order valence-electron chi connectivity index (χ3n) is 2.76. The summed E-state index contributed by atoms with van der Waals surface area (Å²) in [7, 11) is 1.60. The lowest BCUT2D eigenvalue weighted by Crippen LogP contribution is -2.33. The first-order valence-electron chi connectivity index (χ1n) is 5.81. The number of hydrogen-bond acceptors (Lipinski definition) is 2. The minimum Gasteiger partial charge on any atom is -0.496 e. The molecule has 5 heteroatoms. The van der Waals surface area contributed by atoms with Gasteiger partial charge in [-0.1, -0.05) is 6.07 Å².